The van der Waals surface area contributed by atoms with Crippen LogP contribution in [0.25, 0.3) is 10.2 Å². The number of rotatable bonds is 5. The van der Waals surface area contributed by atoms with Crippen molar-refractivity contribution in [2.24, 2.45) is 5.92 Å². The Morgan fingerprint density at radius 3 is 2.62 bits per heavy atom. The van der Waals surface area contributed by atoms with Gasteiger partial charge in [0, 0.05) is 36.5 Å². The molecule has 5 nitrogen and oxygen atoms in total. The number of hydrogen-bond donors (Lipinski definition) is 0. The van der Waals surface area contributed by atoms with Gasteiger partial charge in [0.1, 0.15) is 17.0 Å². The van der Waals surface area contributed by atoms with E-state index in [0.29, 0.717) is 11.9 Å². The van der Waals surface area contributed by atoms with Gasteiger partial charge < -0.3 is 9.80 Å². The number of hydrogen-bond acceptors (Lipinski definition) is 5. The number of fused-ring (bicyclic) bond motifs is 1. The zero-order valence-corrected chi connectivity index (χ0v) is 19.9. The lowest BCUT2D eigenvalue weighted by Gasteiger charge is -2.35. The molecule has 0 radical (unpaired) electrons. The summed E-state index contributed by atoms with van der Waals surface area (Å²) in [5.74, 6) is 1.58. The van der Waals surface area contributed by atoms with Crippen LogP contribution in [0.4, 0.5) is 5.82 Å². The van der Waals surface area contributed by atoms with E-state index in [1.165, 1.54) is 21.4 Å². The molecule has 0 N–H and O–H groups in total. The molecule has 3 aromatic rings. The average Bonchev–Trinajstić information content (AvgIpc) is 3.42. The molecule has 4 heterocycles. The first-order chi connectivity index (χ1) is 15.6. The van der Waals surface area contributed by atoms with Gasteiger partial charge in [0.2, 0.25) is 5.91 Å². The maximum absolute atomic E-state index is 13.4. The van der Waals surface area contributed by atoms with Gasteiger partial charge in [0.15, 0.2) is 0 Å². The van der Waals surface area contributed by atoms with Crippen molar-refractivity contribution in [2.45, 2.75) is 58.4 Å². The summed E-state index contributed by atoms with van der Waals surface area (Å²) >= 11 is 1.74. The molecule has 6 heteroatoms. The van der Waals surface area contributed by atoms with E-state index in [4.69, 9.17) is 0 Å². The van der Waals surface area contributed by atoms with E-state index in [0.717, 1.165) is 68.8 Å². The fraction of sp³-hybridized carbons (Fsp3) is 0.500. The first kappa shape index (κ1) is 21.4. The van der Waals surface area contributed by atoms with Crippen LogP contribution in [0.5, 0.6) is 0 Å². The summed E-state index contributed by atoms with van der Waals surface area (Å²) in [6.07, 6.45) is 7.92. The van der Waals surface area contributed by atoms with Gasteiger partial charge in [0.05, 0.1) is 5.39 Å². The van der Waals surface area contributed by atoms with Crippen LogP contribution in [0, 0.1) is 19.8 Å². The van der Waals surface area contributed by atoms with Gasteiger partial charge in [-0.05, 0) is 63.5 Å². The molecule has 1 atom stereocenters. The Labute approximate surface area is 194 Å². The summed E-state index contributed by atoms with van der Waals surface area (Å²) in [4.78, 5) is 29.5. The van der Waals surface area contributed by atoms with Crippen molar-refractivity contribution in [1.29, 1.82) is 0 Å². The largest absolute Gasteiger partial charge is 0.356 e. The molecule has 0 saturated carbocycles. The molecular formula is C26H32N4OS. The smallest absolute Gasteiger partial charge is 0.226 e. The number of thiophene rings is 1. The van der Waals surface area contributed by atoms with E-state index < -0.39 is 0 Å². The number of likely N-dealkylation sites (tertiary alicyclic amines) is 1. The highest BCUT2D eigenvalue weighted by Crippen LogP contribution is 2.36. The number of nitrogens with zero attached hydrogens (tertiary/aromatic N) is 4. The average molecular weight is 449 g/mol. The molecule has 2 aliphatic heterocycles. The van der Waals surface area contributed by atoms with Gasteiger partial charge in [-0.25, -0.2) is 9.97 Å². The van der Waals surface area contributed by atoms with Crippen molar-refractivity contribution in [3.63, 3.8) is 0 Å². The van der Waals surface area contributed by atoms with Gasteiger partial charge in [-0.15, -0.1) is 11.3 Å². The Hall–Kier alpha value is -2.47. The van der Waals surface area contributed by atoms with Gasteiger partial charge >= 0.3 is 0 Å². The maximum Gasteiger partial charge on any atom is 0.226 e. The Morgan fingerprint density at radius 2 is 1.84 bits per heavy atom. The van der Waals surface area contributed by atoms with Gasteiger partial charge in [-0.2, -0.15) is 0 Å². The predicted molar refractivity (Wildman–Crippen MR) is 131 cm³/mol. The number of amides is 1. The van der Waals surface area contributed by atoms with Crippen molar-refractivity contribution in [3.05, 3.63) is 52.7 Å². The number of carbonyl (C=O) groups is 1. The zero-order chi connectivity index (χ0) is 22.1. The molecule has 1 amide bonds. The highest BCUT2D eigenvalue weighted by atomic mass is 32.1. The van der Waals surface area contributed by atoms with E-state index in [1.807, 2.05) is 0 Å². The van der Waals surface area contributed by atoms with Crippen molar-refractivity contribution < 1.29 is 4.79 Å². The van der Waals surface area contributed by atoms with Crippen LogP contribution in [0.3, 0.4) is 0 Å². The van der Waals surface area contributed by atoms with Crippen molar-refractivity contribution >= 4 is 33.3 Å². The third kappa shape index (κ3) is 4.13. The second kappa shape index (κ2) is 9.18. The number of carbonyl (C=O) groups excluding carboxylic acids is 1. The fourth-order valence-corrected chi connectivity index (χ4v) is 6.37. The summed E-state index contributed by atoms with van der Waals surface area (Å²) in [6, 6.07) is 11.1. The van der Waals surface area contributed by atoms with Gasteiger partial charge in [-0.3, -0.25) is 4.79 Å². The normalized spacial score (nSPS) is 19.8. The van der Waals surface area contributed by atoms with Crippen LogP contribution in [0.15, 0.2) is 36.7 Å². The third-order valence-corrected chi connectivity index (χ3v) is 8.47. The highest BCUT2D eigenvalue weighted by Gasteiger charge is 2.35. The molecule has 32 heavy (non-hydrogen) atoms. The topological polar surface area (TPSA) is 49.3 Å². The first-order valence-corrected chi connectivity index (χ1v) is 12.7. The molecule has 168 valence electrons. The quantitative estimate of drug-likeness (QED) is 0.542. The molecular weight excluding hydrogens is 416 g/mol. The van der Waals surface area contributed by atoms with E-state index in [1.54, 1.807) is 17.7 Å². The van der Waals surface area contributed by atoms with Crippen LogP contribution in [-0.2, 0) is 11.2 Å². The summed E-state index contributed by atoms with van der Waals surface area (Å²) in [5.41, 5.74) is 2.66. The Kier molecular flexibility index (Phi) is 6.13. The van der Waals surface area contributed by atoms with Gasteiger partial charge in [-0.1, -0.05) is 30.3 Å². The summed E-state index contributed by atoms with van der Waals surface area (Å²) in [7, 11) is 0. The lowest BCUT2D eigenvalue weighted by atomic mass is 9.94. The number of benzene rings is 1. The van der Waals surface area contributed by atoms with E-state index >= 15 is 0 Å². The standard InChI is InChI=1S/C26H32N4OS/c1-18-19(2)32-25-23(18)24(27-17-28-25)29-15-12-21(13-16-29)26(31)30-14-6-9-22(30)11-10-20-7-4-3-5-8-20/h3-5,7-8,17,21-22H,6,9-16H2,1-2H3. The molecule has 1 aromatic carbocycles. The van der Waals surface area contributed by atoms with Crippen LogP contribution < -0.4 is 4.90 Å². The number of aryl methyl sites for hydroxylation is 3. The SMILES string of the molecule is Cc1sc2ncnc(N3CCC(C(=O)N4CCCC4CCc4ccccc4)CC3)c2c1C. The molecule has 2 fully saturated rings. The number of anilines is 1. The van der Waals surface area contributed by atoms with E-state index in [9.17, 15) is 4.79 Å². The van der Waals surface area contributed by atoms with E-state index in [2.05, 4.69) is 63.9 Å². The van der Waals surface area contributed by atoms with Crippen molar-refractivity contribution in [1.82, 2.24) is 14.9 Å². The Balaban J connectivity index is 1.22. The molecule has 2 aromatic heterocycles. The minimum atomic E-state index is 0.145. The molecule has 2 aliphatic rings. The number of aromatic nitrogens is 2. The Morgan fingerprint density at radius 1 is 1.06 bits per heavy atom. The first-order valence-electron chi connectivity index (χ1n) is 11.9. The Bertz CT molecular complexity index is 1090. The summed E-state index contributed by atoms with van der Waals surface area (Å²) in [5, 5.41) is 1.19. The third-order valence-electron chi connectivity index (χ3n) is 7.36. The minimum Gasteiger partial charge on any atom is -0.356 e. The summed E-state index contributed by atoms with van der Waals surface area (Å²) in [6.45, 7) is 7.03. The lowest BCUT2D eigenvalue weighted by Crippen LogP contribution is -2.44. The second-order valence-corrected chi connectivity index (χ2v) is 10.5. The zero-order valence-electron chi connectivity index (χ0n) is 19.1. The number of piperidine rings is 1. The molecule has 5 rings (SSSR count). The monoisotopic (exact) mass is 448 g/mol. The van der Waals surface area contributed by atoms with Gasteiger partial charge in [0.25, 0.3) is 0 Å². The van der Waals surface area contributed by atoms with Crippen molar-refractivity contribution in [3.8, 4) is 0 Å². The molecule has 0 bridgehead atoms. The fourth-order valence-electron chi connectivity index (χ4n) is 5.38. The predicted octanol–water partition coefficient (Wildman–Crippen LogP) is 5.15. The lowest BCUT2D eigenvalue weighted by molar-refractivity contribution is -0.137. The minimum absolute atomic E-state index is 0.145. The highest BCUT2D eigenvalue weighted by molar-refractivity contribution is 7.18. The van der Waals surface area contributed by atoms with Crippen LogP contribution >= 0.6 is 11.3 Å². The van der Waals surface area contributed by atoms with E-state index in [-0.39, 0.29) is 5.92 Å². The van der Waals surface area contributed by atoms with Crippen LogP contribution in [0.2, 0.25) is 0 Å². The summed E-state index contributed by atoms with van der Waals surface area (Å²) < 4.78 is 0. The van der Waals surface area contributed by atoms with Crippen LogP contribution in [-0.4, -0.2) is 46.5 Å². The molecule has 0 aliphatic carbocycles. The maximum atomic E-state index is 13.4. The van der Waals surface area contributed by atoms with Crippen LogP contribution in [0.1, 0.15) is 48.1 Å². The molecule has 2 saturated heterocycles. The molecule has 1 unspecified atom stereocenters. The second-order valence-electron chi connectivity index (χ2n) is 9.27. The molecule has 0 spiro atoms. The van der Waals surface area contributed by atoms with Crippen molar-refractivity contribution in [2.75, 3.05) is 24.5 Å².